The van der Waals surface area contributed by atoms with Gasteiger partial charge in [0.2, 0.25) is 10.0 Å². The molecule has 0 radical (unpaired) electrons. The Morgan fingerprint density at radius 3 is 2.76 bits per heavy atom. The van der Waals surface area contributed by atoms with Crippen molar-refractivity contribution in [2.24, 2.45) is 0 Å². The second kappa shape index (κ2) is 9.08. The first kappa shape index (κ1) is 23.7. The van der Waals surface area contributed by atoms with Crippen molar-refractivity contribution in [3.63, 3.8) is 0 Å². The second-order valence-corrected chi connectivity index (χ2v) is 9.62. The van der Waals surface area contributed by atoms with Gasteiger partial charge in [0.1, 0.15) is 5.82 Å². The summed E-state index contributed by atoms with van der Waals surface area (Å²) < 4.78 is 67.8. The second-order valence-electron chi connectivity index (χ2n) is 7.85. The number of nitrogens with one attached hydrogen (secondary N) is 1. The van der Waals surface area contributed by atoms with Gasteiger partial charge in [-0.05, 0) is 43.2 Å². The predicted molar refractivity (Wildman–Crippen MR) is 116 cm³/mol. The van der Waals surface area contributed by atoms with Crippen LogP contribution in [-0.2, 0) is 16.2 Å². The number of sulfonamides is 1. The monoisotopic (exact) mass is 491 g/mol. The Hall–Kier alpha value is -3.43. The zero-order chi connectivity index (χ0) is 24.5. The van der Waals surface area contributed by atoms with Crippen molar-refractivity contribution in [1.82, 2.24) is 24.2 Å². The number of pyridine rings is 1. The molecule has 12 heteroatoms. The number of terminal acetylenes is 1. The van der Waals surface area contributed by atoms with E-state index in [2.05, 4.69) is 20.8 Å². The molecule has 1 saturated heterocycles. The van der Waals surface area contributed by atoms with Crippen LogP contribution in [0.2, 0.25) is 0 Å². The van der Waals surface area contributed by atoms with Gasteiger partial charge in [0, 0.05) is 30.8 Å². The molecule has 34 heavy (non-hydrogen) atoms. The number of likely N-dealkylation sites (tertiary alicyclic amines) is 1. The van der Waals surface area contributed by atoms with Gasteiger partial charge in [-0.2, -0.15) is 17.9 Å². The Morgan fingerprint density at radius 2 is 2.03 bits per heavy atom. The number of piperidine rings is 1. The van der Waals surface area contributed by atoms with E-state index in [9.17, 15) is 26.4 Å². The number of nitrogens with zero attached hydrogens (tertiary/aromatic N) is 4. The average molecular weight is 491 g/mol. The largest absolute Gasteiger partial charge is 0.417 e. The van der Waals surface area contributed by atoms with Gasteiger partial charge in [0.25, 0.3) is 5.91 Å². The van der Waals surface area contributed by atoms with Gasteiger partial charge in [-0.15, -0.1) is 16.6 Å². The number of carbonyl (C=O) groups excluding carboxylic acids is 1. The molecule has 8 nitrogen and oxygen atoms in total. The summed E-state index contributed by atoms with van der Waals surface area (Å²) in [6.07, 6.45) is 2.77. The van der Waals surface area contributed by atoms with E-state index in [1.807, 2.05) is 0 Å². The van der Waals surface area contributed by atoms with Crippen LogP contribution in [0.4, 0.5) is 13.2 Å². The van der Waals surface area contributed by atoms with Gasteiger partial charge in [-0.3, -0.25) is 9.20 Å². The van der Waals surface area contributed by atoms with Crippen LogP contribution in [0.15, 0.2) is 47.5 Å². The fraction of sp³-hybridized carbons (Fsp3) is 0.318. The molecule has 1 aromatic carbocycles. The number of fused-ring (bicyclic) bond motifs is 1. The van der Waals surface area contributed by atoms with Crippen molar-refractivity contribution >= 4 is 21.6 Å². The Kier molecular flexibility index (Phi) is 6.33. The molecular weight excluding hydrogens is 471 g/mol. The summed E-state index contributed by atoms with van der Waals surface area (Å²) in [4.78, 5) is 14.6. The molecule has 3 heterocycles. The maximum atomic E-state index is 13.2. The molecule has 178 valence electrons. The molecule has 1 aliphatic heterocycles. The van der Waals surface area contributed by atoms with Crippen LogP contribution in [0.1, 0.15) is 40.5 Å². The number of benzene rings is 1. The fourth-order valence-electron chi connectivity index (χ4n) is 3.93. The number of hydrogen-bond donors (Lipinski definition) is 1. The van der Waals surface area contributed by atoms with Gasteiger partial charge < -0.3 is 4.90 Å². The van der Waals surface area contributed by atoms with Crippen molar-refractivity contribution in [1.29, 1.82) is 0 Å². The minimum Gasteiger partial charge on any atom is -0.338 e. The quantitative estimate of drug-likeness (QED) is 0.554. The molecule has 2 aromatic heterocycles. The lowest BCUT2D eigenvalue weighted by Crippen LogP contribution is -2.39. The standard InChI is InChI=1S/C22H20F3N5O3S/c1-2-10-26-34(32,33)18-7-3-5-15(12-18)21(31)29-11-4-6-16(13-29)20-28-27-19-9-8-17(14-30(19)20)22(23,24)25/h1,3,5,7-9,12,14,16,26H,4,6,10-11,13H2. The first-order valence-corrected chi connectivity index (χ1v) is 11.8. The van der Waals surface area contributed by atoms with Gasteiger partial charge in [-0.25, -0.2) is 8.42 Å². The number of halogens is 3. The van der Waals surface area contributed by atoms with Crippen LogP contribution in [0.3, 0.4) is 0 Å². The first-order chi connectivity index (χ1) is 16.1. The molecule has 1 unspecified atom stereocenters. The molecule has 4 rings (SSSR count). The third-order valence-corrected chi connectivity index (χ3v) is 6.98. The highest BCUT2D eigenvalue weighted by Gasteiger charge is 2.33. The Labute approximate surface area is 193 Å². The Bertz CT molecular complexity index is 1380. The first-order valence-electron chi connectivity index (χ1n) is 10.3. The van der Waals surface area contributed by atoms with Crippen molar-refractivity contribution < 1.29 is 26.4 Å². The maximum Gasteiger partial charge on any atom is 0.417 e. The summed E-state index contributed by atoms with van der Waals surface area (Å²) >= 11 is 0. The topological polar surface area (TPSA) is 96.7 Å². The number of hydrogen-bond acceptors (Lipinski definition) is 5. The van der Waals surface area contributed by atoms with Crippen LogP contribution in [-0.4, -0.2) is 53.5 Å². The average Bonchev–Trinajstić information content (AvgIpc) is 3.25. The molecule has 0 bridgehead atoms. The molecule has 1 N–H and O–H groups in total. The number of alkyl halides is 3. The zero-order valence-corrected chi connectivity index (χ0v) is 18.6. The molecule has 3 aromatic rings. The molecule has 1 fully saturated rings. The fourth-order valence-corrected chi connectivity index (χ4v) is 4.91. The lowest BCUT2D eigenvalue weighted by Gasteiger charge is -2.32. The smallest absolute Gasteiger partial charge is 0.338 e. The maximum absolute atomic E-state index is 13.2. The summed E-state index contributed by atoms with van der Waals surface area (Å²) in [5.74, 6) is 1.81. The van der Waals surface area contributed by atoms with Gasteiger partial charge in [0.05, 0.1) is 17.0 Å². The number of aromatic nitrogens is 3. The molecule has 0 aliphatic carbocycles. The van der Waals surface area contributed by atoms with Crippen LogP contribution >= 0.6 is 0 Å². The van der Waals surface area contributed by atoms with Crippen LogP contribution in [0, 0.1) is 12.3 Å². The normalized spacial score (nSPS) is 17.0. The summed E-state index contributed by atoms with van der Waals surface area (Å²) in [5.41, 5.74) is -0.361. The molecule has 0 spiro atoms. The van der Waals surface area contributed by atoms with E-state index in [0.717, 1.165) is 12.3 Å². The number of amides is 1. The highest BCUT2D eigenvalue weighted by atomic mass is 32.2. The summed E-state index contributed by atoms with van der Waals surface area (Å²) in [7, 11) is -3.87. The minimum absolute atomic E-state index is 0.0923. The van der Waals surface area contributed by atoms with Gasteiger partial charge in [0.15, 0.2) is 5.65 Å². The van der Waals surface area contributed by atoms with E-state index < -0.39 is 21.8 Å². The van der Waals surface area contributed by atoms with Crippen molar-refractivity contribution in [3.05, 3.63) is 59.5 Å². The van der Waals surface area contributed by atoms with E-state index in [-0.39, 0.29) is 41.0 Å². The molecule has 1 aliphatic rings. The van der Waals surface area contributed by atoms with Gasteiger partial charge >= 0.3 is 6.18 Å². The Morgan fingerprint density at radius 1 is 1.24 bits per heavy atom. The summed E-state index contributed by atoms with van der Waals surface area (Å²) in [6, 6.07) is 7.80. The van der Waals surface area contributed by atoms with Crippen LogP contribution in [0.25, 0.3) is 5.65 Å². The highest BCUT2D eigenvalue weighted by Crippen LogP contribution is 2.31. The van der Waals surface area contributed by atoms with E-state index in [1.54, 1.807) is 4.90 Å². The predicted octanol–water partition coefficient (Wildman–Crippen LogP) is 2.68. The van der Waals surface area contributed by atoms with Crippen molar-refractivity contribution in [2.45, 2.75) is 29.8 Å². The van der Waals surface area contributed by atoms with Crippen LogP contribution < -0.4 is 4.72 Å². The number of carbonyl (C=O) groups is 1. The lowest BCUT2D eigenvalue weighted by molar-refractivity contribution is -0.137. The molecule has 1 atom stereocenters. The molecule has 1 amide bonds. The summed E-state index contributed by atoms with van der Waals surface area (Å²) in [6.45, 7) is 0.449. The zero-order valence-electron chi connectivity index (χ0n) is 17.8. The number of rotatable bonds is 5. The minimum atomic E-state index is -4.51. The van der Waals surface area contributed by atoms with Crippen molar-refractivity contribution in [2.75, 3.05) is 19.6 Å². The van der Waals surface area contributed by atoms with E-state index in [1.165, 1.54) is 34.7 Å². The van der Waals surface area contributed by atoms with E-state index in [4.69, 9.17) is 6.42 Å². The van der Waals surface area contributed by atoms with Crippen LogP contribution in [0.5, 0.6) is 0 Å². The third-order valence-electron chi connectivity index (χ3n) is 5.59. The lowest BCUT2D eigenvalue weighted by atomic mass is 9.96. The Balaban J connectivity index is 1.58. The van der Waals surface area contributed by atoms with Crippen molar-refractivity contribution in [3.8, 4) is 12.3 Å². The SMILES string of the molecule is C#CCNS(=O)(=O)c1cccc(C(=O)N2CCCC(c3nnc4ccc(C(F)(F)F)cn34)C2)c1. The van der Waals surface area contributed by atoms with E-state index >= 15 is 0 Å². The van der Waals surface area contributed by atoms with E-state index in [0.29, 0.717) is 25.2 Å². The summed E-state index contributed by atoms with van der Waals surface area (Å²) in [5, 5.41) is 8.05. The van der Waals surface area contributed by atoms with Gasteiger partial charge in [-0.1, -0.05) is 12.0 Å². The molecular formula is C22H20F3N5O3S. The highest BCUT2D eigenvalue weighted by molar-refractivity contribution is 7.89. The molecule has 0 saturated carbocycles. The third kappa shape index (κ3) is 4.76.